The Morgan fingerprint density at radius 3 is 2.18 bits per heavy atom. The summed E-state index contributed by atoms with van der Waals surface area (Å²) in [6, 6.07) is 25.8. The highest BCUT2D eigenvalue weighted by Crippen LogP contribution is 2.51. The molecule has 0 bridgehead atoms. The van der Waals surface area contributed by atoms with E-state index < -0.39 is 0 Å². The van der Waals surface area contributed by atoms with Gasteiger partial charge in [0.15, 0.2) is 0 Å². The van der Waals surface area contributed by atoms with E-state index in [0.717, 1.165) is 36.9 Å². The number of phenols is 1. The zero-order valence-corrected chi connectivity index (χ0v) is 21.2. The van der Waals surface area contributed by atoms with Crippen molar-refractivity contribution >= 4 is 13.9 Å². The van der Waals surface area contributed by atoms with Crippen LogP contribution in [-0.4, -0.2) is 23.1 Å². The maximum atomic E-state index is 11.5. The number of nitrogens with zero attached hydrogens (tertiary/aromatic N) is 1. The molecule has 3 aromatic rings. The molecule has 0 aromatic heterocycles. The van der Waals surface area contributed by atoms with Crippen LogP contribution in [0, 0.1) is 0 Å². The first-order valence-corrected chi connectivity index (χ1v) is 13.6. The third kappa shape index (κ3) is 5.68. The molecule has 1 saturated heterocycles. The van der Waals surface area contributed by atoms with Gasteiger partial charge in [0.05, 0.1) is 0 Å². The molecule has 0 saturated carbocycles. The Morgan fingerprint density at radius 2 is 1.45 bits per heavy atom. The first-order valence-electron chi connectivity index (χ1n) is 12.6. The van der Waals surface area contributed by atoms with Gasteiger partial charge in [-0.2, -0.15) is 0 Å². The Hall–Kier alpha value is -2.15. The van der Waals surface area contributed by atoms with Gasteiger partial charge in [-0.1, -0.05) is 102 Å². The highest BCUT2D eigenvalue weighted by molar-refractivity contribution is 7.48. The molecule has 174 valence electrons. The van der Waals surface area contributed by atoms with Crippen LogP contribution in [0.25, 0.3) is 0 Å². The van der Waals surface area contributed by atoms with Gasteiger partial charge in [0.2, 0.25) is 0 Å². The van der Waals surface area contributed by atoms with Crippen molar-refractivity contribution in [3.63, 3.8) is 0 Å². The fourth-order valence-corrected chi connectivity index (χ4v) is 6.92. The zero-order valence-electron chi connectivity index (χ0n) is 20.2. The Morgan fingerprint density at radius 1 is 0.788 bits per heavy atom. The summed E-state index contributed by atoms with van der Waals surface area (Å²) in [6.07, 6.45) is 6.80. The largest absolute Gasteiger partial charge is 0.507 e. The number of phenolic OH excluding ortho intramolecular Hbond substituents is 1. The van der Waals surface area contributed by atoms with Gasteiger partial charge < -0.3 is 5.11 Å². The molecule has 3 heteroatoms. The second kappa shape index (κ2) is 11.3. The molecule has 1 atom stereocenters. The van der Waals surface area contributed by atoms with Gasteiger partial charge in [-0.05, 0) is 60.8 Å². The summed E-state index contributed by atoms with van der Waals surface area (Å²) >= 11 is 0. The number of aromatic hydroxyl groups is 1. The fourth-order valence-electron chi connectivity index (χ4n) is 5.21. The molecular formula is C30H38NOP. The summed E-state index contributed by atoms with van der Waals surface area (Å²) in [7, 11) is 0.637. The van der Waals surface area contributed by atoms with Crippen molar-refractivity contribution in [1.82, 2.24) is 4.90 Å². The minimum atomic E-state index is -0.0468. The van der Waals surface area contributed by atoms with Crippen molar-refractivity contribution in [2.45, 2.75) is 64.1 Å². The summed E-state index contributed by atoms with van der Waals surface area (Å²) in [5.41, 5.74) is 4.84. The van der Waals surface area contributed by atoms with Crippen LogP contribution in [0.15, 0.2) is 72.8 Å². The average Bonchev–Trinajstić information content (AvgIpc) is 2.86. The molecule has 1 heterocycles. The average molecular weight is 460 g/mol. The quantitative estimate of drug-likeness (QED) is 0.349. The molecule has 0 aliphatic carbocycles. The zero-order chi connectivity index (χ0) is 23.1. The van der Waals surface area contributed by atoms with E-state index in [2.05, 4.69) is 85.5 Å². The van der Waals surface area contributed by atoms with Crippen LogP contribution < -0.4 is 5.30 Å². The Kier molecular flexibility index (Phi) is 8.23. The lowest BCUT2D eigenvalue weighted by Crippen LogP contribution is -2.31. The molecule has 2 nitrogen and oxygen atoms in total. The minimum Gasteiger partial charge on any atom is -0.507 e. The van der Waals surface area contributed by atoms with Gasteiger partial charge >= 0.3 is 0 Å². The lowest BCUT2D eigenvalue weighted by atomic mass is 9.89. The molecule has 33 heavy (non-hydrogen) atoms. The van der Waals surface area contributed by atoms with Crippen molar-refractivity contribution in [2.24, 2.45) is 0 Å². The minimum absolute atomic E-state index is 0.0468. The molecule has 4 rings (SSSR count). The number of benzene rings is 3. The molecule has 1 N–H and O–H groups in total. The van der Waals surface area contributed by atoms with Crippen molar-refractivity contribution in [1.29, 1.82) is 0 Å². The SMILES string of the molecule is CCC(CC)(Pc1ccccc1CN1CCCCC1)c1cccc(Cc2ccccc2)c1O. The van der Waals surface area contributed by atoms with Crippen LogP contribution in [0.5, 0.6) is 5.75 Å². The van der Waals surface area contributed by atoms with E-state index in [1.807, 2.05) is 6.07 Å². The molecule has 3 aromatic carbocycles. The summed E-state index contributed by atoms with van der Waals surface area (Å²) in [5, 5.41) is 12.9. The van der Waals surface area contributed by atoms with Crippen LogP contribution in [-0.2, 0) is 18.1 Å². The van der Waals surface area contributed by atoms with Gasteiger partial charge in [-0.15, -0.1) is 0 Å². The first-order chi connectivity index (χ1) is 16.1. The van der Waals surface area contributed by atoms with Gasteiger partial charge in [0.25, 0.3) is 0 Å². The predicted molar refractivity (Wildman–Crippen MR) is 143 cm³/mol. The Balaban J connectivity index is 1.64. The summed E-state index contributed by atoms with van der Waals surface area (Å²) in [5.74, 6) is 0.492. The molecule has 0 radical (unpaired) electrons. The Labute approximate surface area is 201 Å². The molecule has 1 aliphatic rings. The number of piperidine rings is 1. The maximum Gasteiger partial charge on any atom is 0.123 e. The highest BCUT2D eigenvalue weighted by atomic mass is 31.1. The molecular weight excluding hydrogens is 421 g/mol. The molecule has 1 unspecified atom stereocenters. The van der Waals surface area contributed by atoms with Crippen LogP contribution in [0.4, 0.5) is 0 Å². The van der Waals surface area contributed by atoms with E-state index in [0.29, 0.717) is 14.3 Å². The third-order valence-corrected chi connectivity index (χ3v) is 9.53. The van der Waals surface area contributed by atoms with Crippen LogP contribution >= 0.6 is 8.58 Å². The van der Waals surface area contributed by atoms with E-state index in [4.69, 9.17) is 0 Å². The predicted octanol–water partition coefficient (Wildman–Crippen LogP) is 6.99. The molecule has 1 aliphatic heterocycles. The number of hydrogen-bond acceptors (Lipinski definition) is 2. The van der Waals surface area contributed by atoms with Crippen LogP contribution in [0.3, 0.4) is 0 Å². The van der Waals surface area contributed by atoms with Gasteiger partial charge in [-0.25, -0.2) is 0 Å². The normalized spacial score (nSPS) is 15.3. The van der Waals surface area contributed by atoms with E-state index in [1.54, 1.807) is 0 Å². The Bertz CT molecular complexity index is 1020. The number of para-hydroxylation sites is 1. The molecule has 0 amide bonds. The first kappa shape index (κ1) is 24.0. The molecule has 1 fully saturated rings. The molecule has 0 spiro atoms. The van der Waals surface area contributed by atoms with E-state index in [9.17, 15) is 5.11 Å². The lowest BCUT2D eigenvalue weighted by Gasteiger charge is -2.35. The fraction of sp³-hybridized carbons (Fsp3) is 0.400. The summed E-state index contributed by atoms with van der Waals surface area (Å²) < 4.78 is 0. The maximum absolute atomic E-state index is 11.5. The standard InChI is InChI=1S/C30H38NOP/c1-3-30(4-2,27-18-13-17-25(29(27)32)22-24-14-7-5-8-15-24)33-28-19-10-9-16-26(28)23-31-20-11-6-12-21-31/h5,7-10,13-19,32-33H,3-4,6,11-12,20-23H2,1-2H3. The van der Waals surface area contributed by atoms with Crippen molar-refractivity contribution in [3.8, 4) is 5.75 Å². The van der Waals surface area contributed by atoms with Crippen LogP contribution in [0.1, 0.15) is 68.2 Å². The van der Waals surface area contributed by atoms with E-state index in [1.165, 1.54) is 48.8 Å². The number of rotatable bonds is 9. The van der Waals surface area contributed by atoms with E-state index in [-0.39, 0.29) is 5.16 Å². The van der Waals surface area contributed by atoms with Crippen LogP contribution in [0.2, 0.25) is 0 Å². The topological polar surface area (TPSA) is 23.5 Å². The number of hydrogen-bond donors (Lipinski definition) is 1. The summed E-state index contributed by atoms with van der Waals surface area (Å²) in [4.78, 5) is 2.62. The second-order valence-electron chi connectivity index (χ2n) is 9.38. The second-order valence-corrected chi connectivity index (χ2v) is 11.1. The van der Waals surface area contributed by atoms with Gasteiger partial charge in [0.1, 0.15) is 5.75 Å². The summed E-state index contributed by atoms with van der Waals surface area (Å²) in [6.45, 7) is 8.05. The third-order valence-electron chi connectivity index (χ3n) is 7.31. The smallest absolute Gasteiger partial charge is 0.123 e. The van der Waals surface area contributed by atoms with E-state index >= 15 is 0 Å². The highest BCUT2D eigenvalue weighted by Gasteiger charge is 2.33. The van der Waals surface area contributed by atoms with Crippen molar-refractivity contribution in [3.05, 3.63) is 95.1 Å². The van der Waals surface area contributed by atoms with Crippen molar-refractivity contribution < 1.29 is 5.11 Å². The van der Waals surface area contributed by atoms with Gasteiger partial charge in [-0.3, -0.25) is 4.90 Å². The van der Waals surface area contributed by atoms with Gasteiger partial charge in [0, 0.05) is 23.7 Å². The van der Waals surface area contributed by atoms with Crippen molar-refractivity contribution in [2.75, 3.05) is 13.1 Å². The number of likely N-dealkylation sites (tertiary alicyclic amines) is 1. The monoisotopic (exact) mass is 459 g/mol. The lowest BCUT2D eigenvalue weighted by molar-refractivity contribution is 0.221.